The molecule has 2 aromatic carbocycles. The second-order valence-electron chi connectivity index (χ2n) is 5.48. The Kier molecular flexibility index (Phi) is 6.25. The van der Waals surface area contributed by atoms with Crippen LogP contribution in [0.4, 0.5) is 11.4 Å². The van der Waals surface area contributed by atoms with E-state index < -0.39 is 4.92 Å². The summed E-state index contributed by atoms with van der Waals surface area (Å²) in [5, 5.41) is 13.5. The van der Waals surface area contributed by atoms with Gasteiger partial charge in [-0.25, -0.2) is 0 Å². The number of nitrogens with one attached hydrogen (secondary N) is 1. The first kappa shape index (κ1) is 17.4. The minimum Gasteiger partial charge on any atom is -0.323 e. The highest BCUT2D eigenvalue weighted by Gasteiger charge is 2.04. The molecule has 0 radical (unpaired) electrons. The van der Waals surface area contributed by atoms with E-state index in [9.17, 15) is 14.9 Å². The maximum absolute atomic E-state index is 11.9. The third-order valence-corrected chi connectivity index (χ3v) is 3.55. The topological polar surface area (TPSA) is 72.2 Å². The summed E-state index contributed by atoms with van der Waals surface area (Å²) in [5.41, 5.74) is 2.58. The predicted octanol–water partition coefficient (Wildman–Crippen LogP) is 4.59. The second kappa shape index (κ2) is 8.62. The lowest BCUT2D eigenvalue weighted by molar-refractivity contribution is -0.384. The number of aryl methyl sites for hydroxylation is 1. The van der Waals surface area contributed by atoms with Crippen molar-refractivity contribution in [1.82, 2.24) is 0 Å². The normalized spacial score (nSPS) is 10.7. The molecule has 0 spiro atoms. The molecule has 0 aliphatic carbocycles. The van der Waals surface area contributed by atoms with Crippen LogP contribution in [0.2, 0.25) is 0 Å². The summed E-state index contributed by atoms with van der Waals surface area (Å²) in [5.74, 6) is -0.275. The van der Waals surface area contributed by atoms with Crippen molar-refractivity contribution in [3.63, 3.8) is 0 Å². The number of nitrogens with zero attached hydrogens (tertiary/aromatic N) is 1. The van der Waals surface area contributed by atoms with Gasteiger partial charge >= 0.3 is 0 Å². The zero-order valence-electron chi connectivity index (χ0n) is 13.6. The fourth-order valence-corrected chi connectivity index (χ4v) is 2.23. The summed E-state index contributed by atoms with van der Waals surface area (Å²) < 4.78 is 0. The third-order valence-electron chi connectivity index (χ3n) is 3.55. The van der Waals surface area contributed by atoms with Crippen LogP contribution in [-0.4, -0.2) is 10.8 Å². The van der Waals surface area contributed by atoms with Crippen LogP contribution in [0.5, 0.6) is 0 Å². The van der Waals surface area contributed by atoms with Crippen LogP contribution in [0, 0.1) is 10.1 Å². The smallest absolute Gasteiger partial charge is 0.270 e. The summed E-state index contributed by atoms with van der Waals surface area (Å²) in [6, 6.07) is 13.9. The largest absolute Gasteiger partial charge is 0.323 e. The molecule has 124 valence electrons. The number of unbranched alkanes of at least 4 members (excludes halogenated alkanes) is 1. The molecule has 0 aliphatic rings. The molecule has 0 aromatic heterocycles. The average Bonchev–Trinajstić information content (AvgIpc) is 2.59. The van der Waals surface area contributed by atoms with Gasteiger partial charge in [0.25, 0.3) is 5.69 Å². The first-order valence-electron chi connectivity index (χ1n) is 7.91. The maximum atomic E-state index is 11.9. The predicted molar refractivity (Wildman–Crippen MR) is 95.8 cm³/mol. The molecule has 24 heavy (non-hydrogen) atoms. The van der Waals surface area contributed by atoms with Gasteiger partial charge in [0.15, 0.2) is 0 Å². The molecule has 5 heteroatoms. The van der Waals surface area contributed by atoms with Crippen molar-refractivity contribution in [2.75, 3.05) is 5.32 Å². The number of benzene rings is 2. The van der Waals surface area contributed by atoms with Crippen molar-refractivity contribution >= 4 is 23.4 Å². The number of hydrogen-bond donors (Lipinski definition) is 1. The molecular formula is C19H20N2O3. The van der Waals surface area contributed by atoms with Gasteiger partial charge in [-0.3, -0.25) is 14.9 Å². The molecule has 2 aromatic rings. The lowest BCUT2D eigenvalue weighted by atomic mass is 10.1. The van der Waals surface area contributed by atoms with Crippen LogP contribution in [0.15, 0.2) is 54.6 Å². The fraction of sp³-hybridized carbons (Fsp3) is 0.211. The number of rotatable bonds is 7. The maximum Gasteiger partial charge on any atom is 0.270 e. The number of carbonyl (C=O) groups excluding carboxylic acids is 1. The Labute approximate surface area is 141 Å². The van der Waals surface area contributed by atoms with E-state index in [1.807, 2.05) is 24.3 Å². The van der Waals surface area contributed by atoms with Gasteiger partial charge in [0.2, 0.25) is 5.91 Å². The zero-order chi connectivity index (χ0) is 17.4. The van der Waals surface area contributed by atoms with Crippen LogP contribution in [-0.2, 0) is 11.2 Å². The number of carbonyl (C=O) groups is 1. The van der Waals surface area contributed by atoms with Crippen molar-refractivity contribution in [3.05, 3.63) is 75.8 Å². The highest BCUT2D eigenvalue weighted by molar-refractivity contribution is 6.01. The first-order valence-corrected chi connectivity index (χ1v) is 7.91. The summed E-state index contributed by atoms with van der Waals surface area (Å²) in [6.45, 7) is 2.16. The van der Waals surface area contributed by atoms with Crippen LogP contribution >= 0.6 is 0 Å². The molecule has 0 heterocycles. The lowest BCUT2D eigenvalue weighted by Gasteiger charge is -2.04. The van der Waals surface area contributed by atoms with Crippen LogP contribution in [0.25, 0.3) is 6.08 Å². The lowest BCUT2D eigenvalue weighted by Crippen LogP contribution is -2.07. The molecule has 2 rings (SSSR count). The SMILES string of the molecule is CCCCc1ccc(NC(=O)C=Cc2cccc([N+](=O)[O-])c2)cc1. The highest BCUT2D eigenvalue weighted by Crippen LogP contribution is 2.15. The molecule has 0 saturated carbocycles. The molecule has 0 aliphatic heterocycles. The van der Waals surface area contributed by atoms with Gasteiger partial charge in [0.05, 0.1) is 4.92 Å². The molecule has 1 amide bonds. The Bertz CT molecular complexity index is 737. The van der Waals surface area contributed by atoms with E-state index in [0.717, 1.165) is 24.9 Å². The quantitative estimate of drug-likeness (QED) is 0.460. The summed E-state index contributed by atoms with van der Waals surface area (Å²) in [4.78, 5) is 22.2. The van der Waals surface area contributed by atoms with Crippen molar-refractivity contribution < 1.29 is 9.72 Å². The molecular weight excluding hydrogens is 304 g/mol. The minimum atomic E-state index is -0.461. The number of nitro groups is 1. The molecule has 1 N–H and O–H groups in total. The van der Waals surface area contributed by atoms with Gasteiger partial charge < -0.3 is 5.32 Å². The molecule has 0 bridgehead atoms. The van der Waals surface area contributed by atoms with Crippen molar-refractivity contribution in [3.8, 4) is 0 Å². The molecule has 0 fully saturated rings. The Balaban J connectivity index is 1.95. The van der Waals surface area contributed by atoms with Crippen molar-refractivity contribution in [2.24, 2.45) is 0 Å². The van der Waals surface area contributed by atoms with Crippen LogP contribution in [0.3, 0.4) is 0 Å². The van der Waals surface area contributed by atoms with Gasteiger partial charge in [-0.05, 0) is 42.2 Å². The first-order chi connectivity index (χ1) is 11.6. The monoisotopic (exact) mass is 324 g/mol. The zero-order valence-corrected chi connectivity index (χ0v) is 13.6. The Morgan fingerprint density at radius 2 is 1.96 bits per heavy atom. The third kappa shape index (κ3) is 5.35. The fourth-order valence-electron chi connectivity index (χ4n) is 2.23. The summed E-state index contributed by atoms with van der Waals surface area (Å²) in [7, 11) is 0. The van der Waals surface area contributed by atoms with E-state index in [4.69, 9.17) is 0 Å². The van der Waals surface area contributed by atoms with Crippen molar-refractivity contribution in [2.45, 2.75) is 26.2 Å². The number of nitro benzene ring substituents is 1. The number of amides is 1. The van der Waals surface area contributed by atoms with Crippen molar-refractivity contribution in [1.29, 1.82) is 0 Å². The van der Waals surface area contributed by atoms with Crippen LogP contribution < -0.4 is 5.32 Å². The summed E-state index contributed by atoms with van der Waals surface area (Å²) >= 11 is 0. The molecule has 0 unspecified atom stereocenters. The standard InChI is InChI=1S/C19H20N2O3/c1-2-3-5-15-8-11-17(12-9-15)20-19(22)13-10-16-6-4-7-18(14-16)21(23)24/h4,6-14H,2-3,5H2,1H3,(H,20,22). The van der Waals surface area contributed by atoms with E-state index in [0.29, 0.717) is 5.56 Å². The van der Waals surface area contributed by atoms with Gasteiger partial charge in [0, 0.05) is 23.9 Å². The molecule has 5 nitrogen and oxygen atoms in total. The second-order valence-corrected chi connectivity index (χ2v) is 5.48. The van der Waals surface area contributed by atoms with Gasteiger partial charge in [-0.2, -0.15) is 0 Å². The molecule has 0 saturated heterocycles. The Hall–Kier alpha value is -2.95. The highest BCUT2D eigenvalue weighted by atomic mass is 16.6. The summed E-state index contributed by atoms with van der Waals surface area (Å²) in [6.07, 6.45) is 6.26. The van der Waals surface area contributed by atoms with E-state index >= 15 is 0 Å². The van der Waals surface area contributed by atoms with Gasteiger partial charge in [0.1, 0.15) is 0 Å². The van der Waals surface area contributed by atoms with Crippen LogP contribution in [0.1, 0.15) is 30.9 Å². The van der Waals surface area contributed by atoms with E-state index in [1.54, 1.807) is 18.2 Å². The van der Waals surface area contributed by atoms with E-state index in [1.165, 1.54) is 23.8 Å². The Morgan fingerprint density at radius 1 is 1.21 bits per heavy atom. The molecule has 0 atom stereocenters. The Morgan fingerprint density at radius 3 is 2.62 bits per heavy atom. The minimum absolute atomic E-state index is 0.000209. The van der Waals surface area contributed by atoms with Gasteiger partial charge in [-0.15, -0.1) is 0 Å². The number of non-ortho nitro benzene ring substituents is 1. The average molecular weight is 324 g/mol. The number of hydrogen-bond acceptors (Lipinski definition) is 3. The van der Waals surface area contributed by atoms with E-state index in [2.05, 4.69) is 12.2 Å². The number of anilines is 1. The van der Waals surface area contributed by atoms with E-state index in [-0.39, 0.29) is 11.6 Å². The van der Waals surface area contributed by atoms with Gasteiger partial charge in [-0.1, -0.05) is 37.6 Å².